The van der Waals surface area contributed by atoms with Crippen LogP contribution < -0.4 is 10.3 Å². The number of benzene rings is 5. The van der Waals surface area contributed by atoms with Crippen molar-refractivity contribution < 1.29 is 4.74 Å². The lowest BCUT2D eigenvalue weighted by Crippen LogP contribution is -2.20. The molecule has 186 valence electrons. The summed E-state index contributed by atoms with van der Waals surface area (Å²) >= 11 is 0. The first-order valence-electron chi connectivity index (χ1n) is 12.5. The van der Waals surface area contributed by atoms with Crippen molar-refractivity contribution in [3.05, 3.63) is 142 Å². The summed E-state index contributed by atoms with van der Waals surface area (Å²) in [4.78, 5) is 18.4. The third kappa shape index (κ3) is 4.65. The molecule has 0 unspecified atom stereocenters. The summed E-state index contributed by atoms with van der Waals surface area (Å²) in [5.41, 5.74) is 3.20. The van der Waals surface area contributed by atoms with Crippen molar-refractivity contribution in [2.45, 2.75) is 6.61 Å². The van der Waals surface area contributed by atoms with E-state index in [1.807, 2.05) is 103 Å². The Labute approximate surface area is 224 Å². The zero-order valence-corrected chi connectivity index (χ0v) is 20.9. The topological polar surface area (TPSA) is 80.3 Å². The van der Waals surface area contributed by atoms with E-state index in [1.165, 1.54) is 4.68 Å². The fourth-order valence-electron chi connectivity index (χ4n) is 4.57. The minimum absolute atomic E-state index is 0.218. The Morgan fingerprint density at radius 2 is 1.54 bits per heavy atom. The summed E-state index contributed by atoms with van der Waals surface area (Å²) in [5.74, 6) is 1.04. The Morgan fingerprint density at radius 1 is 0.821 bits per heavy atom. The van der Waals surface area contributed by atoms with Gasteiger partial charge in [0.25, 0.3) is 5.56 Å². The third-order valence-electron chi connectivity index (χ3n) is 6.54. The molecule has 1 aromatic heterocycles. The summed E-state index contributed by atoms with van der Waals surface area (Å²) in [5, 5.41) is 16.6. The Morgan fingerprint density at radius 3 is 2.38 bits per heavy atom. The van der Waals surface area contributed by atoms with Crippen molar-refractivity contribution in [1.29, 1.82) is 5.26 Å². The van der Waals surface area contributed by atoms with E-state index in [0.717, 1.165) is 27.5 Å². The molecule has 0 radical (unpaired) electrons. The summed E-state index contributed by atoms with van der Waals surface area (Å²) in [6, 6.07) is 38.2. The number of fused-ring (bicyclic) bond motifs is 2. The van der Waals surface area contributed by atoms with E-state index in [0.29, 0.717) is 28.0 Å². The van der Waals surface area contributed by atoms with Crippen molar-refractivity contribution >= 4 is 27.9 Å². The zero-order valence-electron chi connectivity index (χ0n) is 20.9. The molecular formula is C33H22N4O2. The molecule has 6 aromatic rings. The van der Waals surface area contributed by atoms with Gasteiger partial charge >= 0.3 is 0 Å². The van der Waals surface area contributed by atoms with Crippen molar-refractivity contribution in [3.63, 3.8) is 0 Å². The molecule has 6 rings (SSSR count). The molecule has 6 nitrogen and oxygen atoms in total. The normalized spacial score (nSPS) is 11.2. The summed E-state index contributed by atoms with van der Waals surface area (Å²) < 4.78 is 7.57. The van der Waals surface area contributed by atoms with Crippen LogP contribution in [0.25, 0.3) is 33.1 Å². The first kappa shape index (κ1) is 23.8. The fourth-order valence-corrected chi connectivity index (χ4v) is 4.57. The van der Waals surface area contributed by atoms with E-state index < -0.39 is 0 Å². The van der Waals surface area contributed by atoms with Gasteiger partial charge in [-0.2, -0.15) is 15.0 Å². The summed E-state index contributed by atoms with van der Waals surface area (Å²) in [6.07, 6.45) is 1.65. The van der Waals surface area contributed by atoms with Crippen LogP contribution in [0.3, 0.4) is 0 Å². The number of aromatic nitrogens is 2. The van der Waals surface area contributed by atoms with Gasteiger partial charge in [-0.05, 0) is 35.0 Å². The molecule has 0 fully saturated rings. The molecule has 0 saturated heterocycles. The monoisotopic (exact) mass is 506 g/mol. The van der Waals surface area contributed by atoms with Gasteiger partial charge in [0.2, 0.25) is 0 Å². The molecule has 0 aliphatic carbocycles. The van der Waals surface area contributed by atoms with Gasteiger partial charge in [-0.15, -0.1) is 0 Å². The van der Waals surface area contributed by atoms with Crippen molar-refractivity contribution in [2.75, 3.05) is 0 Å². The highest BCUT2D eigenvalue weighted by molar-refractivity contribution is 6.02. The fraction of sp³-hybridized carbons (Fsp3) is 0.0303. The summed E-state index contributed by atoms with van der Waals surface area (Å²) in [7, 11) is 0. The average molecular weight is 507 g/mol. The third-order valence-corrected chi connectivity index (χ3v) is 6.54. The molecule has 0 bridgehead atoms. The van der Waals surface area contributed by atoms with Crippen LogP contribution in [0.4, 0.5) is 0 Å². The molecular weight excluding hydrogens is 484 g/mol. The smallest absolute Gasteiger partial charge is 0.282 e. The Bertz CT molecular complexity index is 1950. The number of ether oxygens (including phenoxy) is 1. The number of hydrogen-bond donors (Lipinski definition) is 0. The standard InChI is InChI=1S/C33H22N4O2/c34-20-25-13-4-5-14-26(25)22-39-31-19-18-23-10-6-7-15-27(23)29(31)21-35-37-32(24-11-2-1-3-12-24)36-30-17-9-8-16-28(30)33(37)38/h1-19,21H,22H2. The van der Waals surface area contributed by atoms with Crippen LogP contribution in [0.15, 0.2) is 125 Å². The molecule has 0 saturated carbocycles. The van der Waals surface area contributed by atoms with Gasteiger partial charge in [-0.1, -0.05) is 91.0 Å². The maximum atomic E-state index is 13.6. The van der Waals surface area contributed by atoms with Gasteiger partial charge in [0.05, 0.1) is 28.8 Å². The predicted molar refractivity (Wildman–Crippen MR) is 154 cm³/mol. The van der Waals surface area contributed by atoms with Crippen LogP contribution in [0.2, 0.25) is 0 Å². The lowest BCUT2D eigenvalue weighted by atomic mass is 10.0. The van der Waals surface area contributed by atoms with E-state index in [1.54, 1.807) is 18.3 Å². The molecule has 0 atom stereocenters. The molecule has 6 heteroatoms. The van der Waals surface area contributed by atoms with E-state index >= 15 is 0 Å². The Balaban J connectivity index is 1.49. The van der Waals surface area contributed by atoms with Crippen LogP contribution in [-0.4, -0.2) is 15.9 Å². The molecule has 0 spiro atoms. The number of para-hydroxylation sites is 1. The minimum Gasteiger partial charge on any atom is -0.488 e. The zero-order chi connectivity index (χ0) is 26.6. The van der Waals surface area contributed by atoms with E-state index in [2.05, 4.69) is 11.2 Å². The van der Waals surface area contributed by atoms with Crippen molar-refractivity contribution in [1.82, 2.24) is 9.66 Å². The van der Waals surface area contributed by atoms with Gasteiger partial charge < -0.3 is 4.74 Å². The number of rotatable bonds is 6. The summed E-state index contributed by atoms with van der Waals surface area (Å²) in [6.45, 7) is 0.218. The van der Waals surface area contributed by atoms with Gasteiger partial charge in [0.15, 0.2) is 5.82 Å². The van der Waals surface area contributed by atoms with Crippen LogP contribution >= 0.6 is 0 Å². The SMILES string of the molecule is N#Cc1ccccc1COc1ccc2ccccc2c1C=Nn1c(-c2ccccc2)nc2ccccc2c1=O. The highest BCUT2D eigenvalue weighted by Gasteiger charge is 2.14. The average Bonchev–Trinajstić information content (AvgIpc) is 3.00. The second-order valence-corrected chi connectivity index (χ2v) is 8.94. The van der Waals surface area contributed by atoms with Gasteiger partial charge in [-0.25, -0.2) is 4.98 Å². The predicted octanol–water partition coefficient (Wildman–Crippen LogP) is 6.55. The van der Waals surface area contributed by atoms with Crippen LogP contribution in [0.1, 0.15) is 16.7 Å². The molecule has 0 amide bonds. The second kappa shape index (κ2) is 10.4. The Hall–Kier alpha value is -5.54. The number of nitrogens with zero attached hydrogens (tertiary/aromatic N) is 4. The highest BCUT2D eigenvalue weighted by atomic mass is 16.5. The molecule has 0 aliphatic rings. The van der Waals surface area contributed by atoms with Gasteiger partial charge in [-0.3, -0.25) is 4.79 Å². The van der Waals surface area contributed by atoms with Gasteiger partial charge in [0.1, 0.15) is 12.4 Å². The first-order valence-corrected chi connectivity index (χ1v) is 12.5. The van der Waals surface area contributed by atoms with Crippen LogP contribution in [0, 0.1) is 11.3 Å². The maximum absolute atomic E-state index is 13.6. The second-order valence-electron chi connectivity index (χ2n) is 8.94. The van der Waals surface area contributed by atoms with Crippen LogP contribution in [0.5, 0.6) is 5.75 Å². The molecule has 1 heterocycles. The lowest BCUT2D eigenvalue weighted by molar-refractivity contribution is 0.306. The van der Waals surface area contributed by atoms with Crippen molar-refractivity contribution in [2.24, 2.45) is 5.10 Å². The molecule has 39 heavy (non-hydrogen) atoms. The largest absolute Gasteiger partial charge is 0.488 e. The minimum atomic E-state index is -0.263. The molecule has 0 aliphatic heterocycles. The van der Waals surface area contributed by atoms with Crippen LogP contribution in [-0.2, 0) is 6.61 Å². The van der Waals surface area contributed by atoms with E-state index in [-0.39, 0.29) is 12.2 Å². The number of nitriles is 1. The van der Waals surface area contributed by atoms with E-state index in [9.17, 15) is 10.1 Å². The Kier molecular flexibility index (Phi) is 6.38. The quantitative estimate of drug-likeness (QED) is 0.240. The van der Waals surface area contributed by atoms with Crippen molar-refractivity contribution in [3.8, 4) is 23.2 Å². The van der Waals surface area contributed by atoms with Gasteiger partial charge in [0, 0.05) is 16.7 Å². The molecule has 5 aromatic carbocycles. The maximum Gasteiger partial charge on any atom is 0.282 e. The number of hydrogen-bond acceptors (Lipinski definition) is 5. The first-order chi connectivity index (χ1) is 19.2. The van der Waals surface area contributed by atoms with E-state index in [4.69, 9.17) is 9.72 Å². The lowest BCUT2D eigenvalue weighted by Gasteiger charge is -2.13. The molecule has 0 N–H and O–H groups in total. The highest BCUT2D eigenvalue weighted by Crippen LogP contribution is 2.28.